The van der Waals surface area contributed by atoms with E-state index >= 15 is 0 Å². The van der Waals surface area contributed by atoms with Gasteiger partial charge in [-0.25, -0.2) is 0 Å². The first-order valence-electron chi connectivity index (χ1n) is 6.31. The van der Waals surface area contributed by atoms with Crippen molar-refractivity contribution in [1.29, 1.82) is 0 Å². The molecular formula is C16H21NO. The molecule has 2 N–H and O–H groups in total. The minimum absolute atomic E-state index is 0.108. The van der Waals surface area contributed by atoms with Crippen LogP contribution in [0.15, 0.2) is 22.6 Å². The number of furan rings is 1. The summed E-state index contributed by atoms with van der Waals surface area (Å²) in [6, 6.07) is 6.30. The van der Waals surface area contributed by atoms with Crippen LogP contribution in [0.3, 0.4) is 0 Å². The van der Waals surface area contributed by atoms with Crippen molar-refractivity contribution in [3.63, 3.8) is 0 Å². The zero-order chi connectivity index (χ0) is 13.4. The molecule has 0 aliphatic rings. The van der Waals surface area contributed by atoms with Gasteiger partial charge in [0.15, 0.2) is 0 Å². The number of rotatable bonds is 2. The maximum Gasteiger partial charge on any atom is 0.106 e. The zero-order valence-electron chi connectivity index (χ0n) is 11.8. The van der Waals surface area contributed by atoms with Gasteiger partial charge in [0, 0.05) is 5.56 Å². The van der Waals surface area contributed by atoms with E-state index in [1.165, 1.54) is 22.3 Å². The summed E-state index contributed by atoms with van der Waals surface area (Å²) >= 11 is 0. The molecular weight excluding hydrogens is 222 g/mol. The van der Waals surface area contributed by atoms with Crippen LogP contribution in [0, 0.1) is 34.6 Å². The van der Waals surface area contributed by atoms with Gasteiger partial charge in [0.1, 0.15) is 11.5 Å². The van der Waals surface area contributed by atoms with Crippen LogP contribution < -0.4 is 5.73 Å². The van der Waals surface area contributed by atoms with Crippen LogP contribution in [0.4, 0.5) is 0 Å². The number of benzene rings is 1. The van der Waals surface area contributed by atoms with Crippen molar-refractivity contribution in [2.24, 2.45) is 5.73 Å². The zero-order valence-corrected chi connectivity index (χ0v) is 11.8. The molecule has 0 bridgehead atoms. The highest BCUT2D eigenvalue weighted by Gasteiger charge is 2.20. The van der Waals surface area contributed by atoms with Crippen molar-refractivity contribution in [1.82, 2.24) is 0 Å². The fourth-order valence-electron chi connectivity index (χ4n) is 2.60. The second-order valence-electron chi connectivity index (χ2n) is 5.09. The minimum Gasteiger partial charge on any atom is -0.466 e. The number of aryl methyl sites for hydroxylation is 4. The van der Waals surface area contributed by atoms with E-state index in [-0.39, 0.29) is 6.04 Å². The molecule has 96 valence electrons. The number of hydrogen-bond donors (Lipinski definition) is 1. The van der Waals surface area contributed by atoms with Gasteiger partial charge in [-0.15, -0.1) is 0 Å². The average Bonchev–Trinajstić information content (AvgIpc) is 2.52. The van der Waals surface area contributed by atoms with E-state index in [9.17, 15) is 0 Å². The lowest BCUT2D eigenvalue weighted by Gasteiger charge is -2.16. The topological polar surface area (TPSA) is 39.2 Å². The molecule has 1 unspecified atom stereocenters. The third-order valence-electron chi connectivity index (χ3n) is 3.69. The Morgan fingerprint density at radius 2 is 1.67 bits per heavy atom. The van der Waals surface area contributed by atoms with Gasteiger partial charge in [-0.1, -0.05) is 23.8 Å². The van der Waals surface area contributed by atoms with Crippen molar-refractivity contribution in [2.45, 2.75) is 40.7 Å². The van der Waals surface area contributed by atoms with Gasteiger partial charge >= 0.3 is 0 Å². The van der Waals surface area contributed by atoms with Crippen LogP contribution in [0.5, 0.6) is 0 Å². The summed E-state index contributed by atoms with van der Waals surface area (Å²) in [6.45, 7) is 10.3. The first-order chi connectivity index (χ1) is 8.41. The van der Waals surface area contributed by atoms with Gasteiger partial charge < -0.3 is 10.2 Å². The smallest absolute Gasteiger partial charge is 0.106 e. The third kappa shape index (κ3) is 2.08. The fraction of sp³-hybridized carbons (Fsp3) is 0.375. The van der Waals surface area contributed by atoms with Crippen molar-refractivity contribution in [3.05, 3.63) is 57.5 Å². The molecule has 2 nitrogen and oxygen atoms in total. The first kappa shape index (κ1) is 12.9. The van der Waals surface area contributed by atoms with E-state index in [4.69, 9.17) is 10.2 Å². The van der Waals surface area contributed by atoms with Crippen LogP contribution >= 0.6 is 0 Å². The van der Waals surface area contributed by atoms with Crippen LogP contribution in [-0.4, -0.2) is 0 Å². The normalized spacial score (nSPS) is 12.8. The van der Waals surface area contributed by atoms with E-state index in [2.05, 4.69) is 39.0 Å². The van der Waals surface area contributed by atoms with Gasteiger partial charge in [0.2, 0.25) is 0 Å². The molecule has 0 amide bonds. The molecule has 2 heteroatoms. The highest BCUT2D eigenvalue weighted by atomic mass is 16.3. The van der Waals surface area contributed by atoms with Gasteiger partial charge in [-0.3, -0.25) is 0 Å². The molecule has 0 saturated carbocycles. The van der Waals surface area contributed by atoms with E-state index in [1.54, 1.807) is 0 Å². The molecule has 2 aromatic rings. The molecule has 0 spiro atoms. The maximum atomic E-state index is 6.42. The summed E-state index contributed by atoms with van der Waals surface area (Å²) < 4.78 is 5.67. The molecule has 1 heterocycles. The fourth-order valence-corrected chi connectivity index (χ4v) is 2.60. The molecule has 18 heavy (non-hydrogen) atoms. The summed E-state index contributed by atoms with van der Waals surface area (Å²) in [6.07, 6.45) is 0. The predicted octanol–water partition coefficient (Wildman–Crippen LogP) is 3.87. The molecule has 2 rings (SSSR count). The van der Waals surface area contributed by atoms with Crippen LogP contribution in [0.1, 0.15) is 45.4 Å². The minimum atomic E-state index is -0.108. The predicted molar refractivity (Wildman–Crippen MR) is 74.9 cm³/mol. The van der Waals surface area contributed by atoms with Crippen molar-refractivity contribution < 1.29 is 4.42 Å². The SMILES string of the molecule is Cc1ccc(C(N)c2c(C)oc(C)c2C)c(C)c1. The highest BCUT2D eigenvalue weighted by Crippen LogP contribution is 2.31. The summed E-state index contributed by atoms with van der Waals surface area (Å²) in [4.78, 5) is 0. The summed E-state index contributed by atoms with van der Waals surface area (Å²) in [5, 5.41) is 0. The molecule has 0 aliphatic carbocycles. The molecule has 0 saturated heterocycles. The quantitative estimate of drug-likeness (QED) is 0.869. The molecule has 0 radical (unpaired) electrons. The Balaban J connectivity index is 2.51. The lowest BCUT2D eigenvalue weighted by molar-refractivity contribution is 0.498. The Labute approximate surface area is 109 Å². The standard InChI is InChI=1S/C16H21NO/c1-9-6-7-14(10(2)8-9)16(17)15-11(3)12(4)18-13(15)5/h6-8,16H,17H2,1-5H3. The first-order valence-corrected chi connectivity index (χ1v) is 6.31. The van der Waals surface area contributed by atoms with Gasteiger partial charge in [0.25, 0.3) is 0 Å². The second kappa shape index (κ2) is 4.62. The van der Waals surface area contributed by atoms with E-state index in [1.807, 2.05) is 13.8 Å². The number of hydrogen-bond acceptors (Lipinski definition) is 2. The Morgan fingerprint density at radius 3 is 2.17 bits per heavy atom. The van der Waals surface area contributed by atoms with Gasteiger partial charge in [-0.05, 0) is 51.3 Å². The third-order valence-corrected chi connectivity index (χ3v) is 3.69. The molecule has 0 aliphatic heterocycles. The lowest BCUT2D eigenvalue weighted by atomic mass is 9.92. The maximum absolute atomic E-state index is 6.42. The van der Waals surface area contributed by atoms with Gasteiger partial charge in [-0.2, -0.15) is 0 Å². The second-order valence-corrected chi connectivity index (χ2v) is 5.09. The Morgan fingerprint density at radius 1 is 1.00 bits per heavy atom. The molecule has 1 atom stereocenters. The largest absolute Gasteiger partial charge is 0.466 e. The van der Waals surface area contributed by atoms with Gasteiger partial charge in [0.05, 0.1) is 6.04 Å². The van der Waals surface area contributed by atoms with E-state index in [0.717, 1.165) is 17.1 Å². The van der Waals surface area contributed by atoms with Crippen LogP contribution in [0.25, 0.3) is 0 Å². The average molecular weight is 243 g/mol. The Hall–Kier alpha value is -1.54. The van der Waals surface area contributed by atoms with Crippen LogP contribution in [-0.2, 0) is 0 Å². The summed E-state index contributed by atoms with van der Waals surface area (Å²) in [5.41, 5.74) is 12.4. The lowest BCUT2D eigenvalue weighted by Crippen LogP contribution is -2.14. The number of nitrogens with two attached hydrogens (primary N) is 1. The van der Waals surface area contributed by atoms with Crippen molar-refractivity contribution >= 4 is 0 Å². The monoisotopic (exact) mass is 243 g/mol. The van der Waals surface area contributed by atoms with Crippen molar-refractivity contribution in [2.75, 3.05) is 0 Å². The molecule has 0 fully saturated rings. The molecule has 1 aromatic heterocycles. The molecule has 1 aromatic carbocycles. The summed E-state index contributed by atoms with van der Waals surface area (Å²) in [7, 11) is 0. The summed E-state index contributed by atoms with van der Waals surface area (Å²) in [5.74, 6) is 1.89. The van der Waals surface area contributed by atoms with Crippen molar-refractivity contribution in [3.8, 4) is 0 Å². The Bertz CT molecular complexity index is 581. The van der Waals surface area contributed by atoms with E-state index in [0.29, 0.717) is 0 Å². The highest BCUT2D eigenvalue weighted by molar-refractivity contribution is 5.43. The Kier molecular flexibility index (Phi) is 3.31. The van der Waals surface area contributed by atoms with E-state index < -0.39 is 0 Å². The van der Waals surface area contributed by atoms with Crippen LogP contribution in [0.2, 0.25) is 0 Å².